The fourth-order valence-electron chi connectivity index (χ4n) is 3.31. The Hall–Kier alpha value is -3.63. The lowest BCUT2D eigenvalue weighted by Crippen LogP contribution is -2.21. The van der Waals surface area contributed by atoms with Crippen LogP contribution in [0, 0.1) is 11.3 Å². The lowest BCUT2D eigenvalue weighted by atomic mass is 9.82. The third-order valence-corrected chi connectivity index (χ3v) is 4.83. The average Bonchev–Trinajstić information content (AvgIpc) is 3.12. The van der Waals surface area contributed by atoms with Gasteiger partial charge < -0.3 is 20.3 Å². The molecule has 4 rings (SSSR count). The standard InChI is InChI=1S/C20H15ClN4O3/c1-27-12-4-2-3-10(7-12)18-17-16(13-8-11(21)5-6-15(13)26)14(9-22)19(23)28-20(17)25-24-18/h2-8,16,26H,23H2,1H3,(H,24,25)/t16-/m0/s1. The van der Waals surface area contributed by atoms with E-state index in [0.717, 1.165) is 5.56 Å². The van der Waals surface area contributed by atoms with Crippen LogP contribution < -0.4 is 15.2 Å². The van der Waals surface area contributed by atoms with Crippen LogP contribution >= 0.6 is 11.6 Å². The van der Waals surface area contributed by atoms with Crippen LogP contribution in [0.3, 0.4) is 0 Å². The van der Waals surface area contributed by atoms with E-state index in [1.807, 2.05) is 24.3 Å². The van der Waals surface area contributed by atoms with Crippen LogP contribution in [0.4, 0.5) is 0 Å². The number of nitrogens with zero attached hydrogens (tertiary/aromatic N) is 2. The van der Waals surface area contributed by atoms with Crippen molar-refractivity contribution in [3.63, 3.8) is 0 Å². The quantitative estimate of drug-likeness (QED) is 0.624. The van der Waals surface area contributed by atoms with Gasteiger partial charge in [-0.25, -0.2) is 0 Å². The van der Waals surface area contributed by atoms with Gasteiger partial charge in [-0.05, 0) is 30.3 Å². The molecule has 0 spiro atoms. The van der Waals surface area contributed by atoms with Gasteiger partial charge in [-0.15, -0.1) is 5.10 Å². The second-order valence-electron chi connectivity index (χ2n) is 6.18. The molecule has 1 aromatic heterocycles. The molecule has 0 unspecified atom stereocenters. The Morgan fingerprint density at radius 3 is 2.89 bits per heavy atom. The predicted molar refractivity (Wildman–Crippen MR) is 103 cm³/mol. The summed E-state index contributed by atoms with van der Waals surface area (Å²) in [6.45, 7) is 0. The zero-order chi connectivity index (χ0) is 19.8. The van der Waals surface area contributed by atoms with E-state index in [0.29, 0.717) is 27.6 Å². The molecule has 0 saturated carbocycles. The number of nitriles is 1. The number of phenols is 1. The van der Waals surface area contributed by atoms with Gasteiger partial charge in [0, 0.05) is 16.1 Å². The number of benzene rings is 2. The molecule has 0 fully saturated rings. The van der Waals surface area contributed by atoms with Crippen molar-refractivity contribution in [1.29, 1.82) is 5.26 Å². The number of hydrogen-bond donors (Lipinski definition) is 3. The van der Waals surface area contributed by atoms with Gasteiger partial charge in [0.25, 0.3) is 0 Å². The number of nitrogens with two attached hydrogens (primary N) is 1. The number of rotatable bonds is 3. The summed E-state index contributed by atoms with van der Waals surface area (Å²) < 4.78 is 10.9. The maximum atomic E-state index is 10.5. The summed E-state index contributed by atoms with van der Waals surface area (Å²) in [5.74, 6) is 0.116. The molecule has 2 heterocycles. The van der Waals surface area contributed by atoms with Crippen LogP contribution in [-0.2, 0) is 0 Å². The highest BCUT2D eigenvalue weighted by atomic mass is 35.5. The number of allylic oxidation sites excluding steroid dienone is 1. The van der Waals surface area contributed by atoms with Crippen molar-refractivity contribution in [3.8, 4) is 34.7 Å². The summed E-state index contributed by atoms with van der Waals surface area (Å²) in [4.78, 5) is 0. The lowest BCUT2D eigenvalue weighted by Gasteiger charge is -2.24. The molecule has 0 bridgehead atoms. The van der Waals surface area contributed by atoms with Crippen molar-refractivity contribution in [2.24, 2.45) is 5.73 Å². The van der Waals surface area contributed by atoms with E-state index in [-0.39, 0.29) is 23.1 Å². The summed E-state index contributed by atoms with van der Waals surface area (Å²) in [5, 5.41) is 27.8. The first kappa shape index (κ1) is 17.8. The fraction of sp³-hybridized carbons (Fsp3) is 0.100. The Labute approximate surface area is 165 Å². The monoisotopic (exact) mass is 394 g/mol. The molecule has 7 nitrogen and oxygen atoms in total. The summed E-state index contributed by atoms with van der Waals surface area (Å²) in [6, 6.07) is 14.1. The Morgan fingerprint density at radius 1 is 1.32 bits per heavy atom. The Bertz CT molecular complexity index is 1150. The van der Waals surface area contributed by atoms with Crippen LogP contribution in [0.1, 0.15) is 17.0 Å². The highest BCUT2D eigenvalue weighted by Crippen LogP contribution is 2.48. The van der Waals surface area contributed by atoms with E-state index in [1.165, 1.54) is 6.07 Å². The van der Waals surface area contributed by atoms with Gasteiger partial charge >= 0.3 is 0 Å². The molecule has 0 aliphatic carbocycles. The van der Waals surface area contributed by atoms with E-state index < -0.39 is 5.92 Å². The van der Waals surface area contributed by atoms with Crippen molar-refractivity contribution < 1.29 is 14.6 Å². The van der Waals surface area contributed by atoms with Gasteiger partial charge in [0.15, 0.2) is 0 Å². The Kier molecular flexibility index (Phi) is 4.34. The van der Waals surface area contributed by atoms with Gasteiger partial charge in [0.2, 0.25) is 11.8 Å². The second kappa shape index (κ2) is 6.83. The minimum atomic E-state index is -0.701. The van der Waals surface area contributed by atoms with E-state index >= 15 is 0 Å². The normalized spacial score (nSPS) is 15.5. The number of aromatic amines is 1. The number of aromatic hydroxyl groups is 1. The van der Waals surface area contributed by atoms with Crippen LogP contribution in [0.5, 0.6) is 17.4 Å². The zero-order valence-electron chi connectivity index (χ0n) is 14.7. The van der Waals surface area contributed by atoms with E-state index in [4.69, 9.17) is 26.8 Å². The fourth-order valence-corrected chi connectivity index (χ4v) is 3.49. The molecule has 4 N–H and O–H groups in total. The minimum Gasteiger partial charge on any atom is -0.508 e. The maximum Gasteiger partial charge on any atom is 0.244 e. The van der Waals surface area contributed by atoms with Crippen molar-refractivity contribution >= 4 is 11.6 Å². The third-order valence-electron chi connectivity index (χ3n) is 4.60. The summed E-state index contributed by atoms with van der Waals surface area (Å²) >= 11 is 6.15. The number of methoxy groups -OCH3 is 1. The van der Waals surface area contributed by atoms with Crippen molar-refractivity contribution in [3.05, 3.63) is 70.1 Å². The van der Waals surface area contributed by atoms with Gasteiger partial charge in [-0.1, -0.05) is 23.7 Å². The molecule has 3 aromatic rings. The van der Waals surface area contributed by atoms with E-state index in [9.17, 15) is 10.4 Å². The first-order valence-electron chi connectivity index (χ1n) is 8.32. The molecule has 0 saturated heterocycles. The number of aromatic nitrogens is 2. The first-order chi connectivity index (χ1) is 13.5. The second-order valence-corrected chi connectivity index (χ2v) is 6.61. The van der Waals surface area contributed by atoms with Crippen LogP contribution in [-0.4, -0.2) is 22.4 Å². The van der Waals surface area contributed by atoms with E-state index in [1.54, 1.807) is 19.2 Å². The number of hydrogen-bond acceptors (Lipinski definition) is 6. The molecule has 28 heavy (non-hydrogen) atoms. The Balaban J connectivity index is 1.98. The smallest absolute Gasteiger partial charge is 0.244 e. The molecule has 0 radical (unpaired) electrons. The first-order valence-corrected chi connectivity index (χ1v) is 8.70. The summed E-state index contributed by atoms with van der Waals surface area (Å²) in [5.41, 5.74) is 8.54. The number of H-pyrrole nitrogens is 1. The number of fused-ring (bicyclic) bond motifs is 1. The lowest BCUT2D eigenvalue weighted by molar-refractivity contribution is 0.377. The number of phenolic OH excluding ortho intramolecular Hbond substituents is 1. The third kappa shape index (κ3) is 2.80. The van der Waals surface area contributed by atoms with Crippen molar-refractivity contribution in [2.45, 2.75) is 5.92 Å². The molecule has 1 aliphatic heterocycles. The van der Waals surface area contributed by atoms with Crippen LogP contribution in [0.25, 0.3) is 11.3 Å². The topological polar surface area (TPSA) is 117 Å². The molecule has 1 atom stereocenters. The molecule has 2 aromatic carbocycles. The van der Waals surface area contributed by atoms with Crippen LogP contribution in [0.15, 0.2) is 53.9 Å². The number of ether oxygens (including phenoxy) is 2. The number of halogens is 1. The average molecular weight is 395 g/mol. The molecule has 1 aliphatic rings. The molecule has 8 heteroatoms. The maximum absolute atomic E-state index is 10.5. The van der Waals surface area contributed by atoms with Crippen molar-refractivity contribution in [1.82, 2.24) is 10.2 Å². The SMILES string of the molecule is COc1cccc(-c2[nH]nc3c2[C@@H](c2cc(Cl)ccc2O)C(C#N)=C(N)O3)c1. The highest BCUT2D eigenvalue weighted by molar-refractivity contribution is 6.30. The molecule has 140 valence electrons. The van der Waals surface area contributed by atoms with Crippen LogP contribution in [0.2, 0.25) is 5.02 Å². The van der Waals surface area contributed by atoms with Gasteiger partial charge in [-0.2, -0.15) is 5.26 Å². The molecular formula is C20H15ClN4O3. The summed E-state index contributed by atoms with van der Waals surface area (Å²) in [6.07, 6.45) is 0. The largest absolute Gasteiger partial charge is 0.508 e. The minimum absolute atomic E-state index is 0.0133. The molecular weight excluding hydrogens is 380 g/mol. The molecule has 0 amide bonds. The summed E-state index contributed by atoms with van der Waals surface area (Å²) in [7, 11) is 1.58. The number of nitrogens with one attached hydrogen (secondary N) is 1. The van der Waals surface area contributed by atoms with E-state index in [2.05, 4.69) is 16.3 Å². The predicted octanol–water partition coefficient (Wildman–Crippen LogP) is 3.66. The van der Waals surface area contributed by atoms with Gasteiger partial charge in [0.1, 0.15) is 23.1 Å². The van der Waals surface area contributed by atoms with Crippen molar-refractivity contribution in [2.75, 3.05) is 7.11 Å². The van der Waals surface area contributed by atoms with Gasteiger partial charge in [0.05, 0.1) is 24.3 Å². The Morgan fingerprint density at radius 2 is 2.14 bits per heavy atom. The zero-order valence-corrected chi connectivity index (χ0v) is 15.5. The van der Waals surface area contributed by atoms with Gasteiger partial charge in [-0.3, -0.25) is 5.10 Å². The highest BCUT2D eigenvalue weighted by Gasteiger charge is 2.37.